The number of nitrogens with zero attached hydrogens (tertiary/aromatic N) is 3. The summed E-state index contributed by atoms with van der Waals surface area (Å²) < 4.78 is 5.08. The molecule has 0 unspecified atom stereocenters. The van der Waals surface area contributed by atoms with Crippen LogP contribution >= 0.6 is 24.0 Å². The van der Waals surface area contributed by atoms with E-state index in [4.69, 9.17) is 9.73 Å². The Morgan fingerprint density at radius 3 is 2.62 bits per heavy atom. The van der Waals surface area contributed by atoms with Crippen LogP contribution in [0.25, 0.3) is 0 Å². The molecule has 1 rings (SSSR count). The lowest BCUT2D eigenvalue weighted by Gasteiger charge is -2.24. The molecule has 0 aliphatic carbocycles. The summed E-state index contributed by atoms with van der Waals surface area (Å²) in [5.74, 6) is 1.07. The number of aliphatic imine (C=N–C) groups is 1. The molecule has 1 saturated heterocycles. The summed E-state index contributed by atoms with van der Waals surface area (Å²) in [6, 6.07) is 0. The van der Waals surface area contributed by atoms with Crippen LogP contribution in [-0.2, 0) is 4.74 Å². The molecule has 0 saturated carbocycles. The van der Waals surface area contributed by atoms with E-state index in [1.165, 1.54) is 6.42 Å². The van der Waals surface area contributed by atoms with Gasteiger partial charge in [-0.15, -0.1) is 24.0 Å². The highest BCUT2D eigenvalue weighted by Gasteiger charge is 2.30. The quantitative estimate of drug-likeness (QED) is 0.394. The molecule has 0 spiro atoms. The fourth-order valence-corrected chi connectivity index (χ4v) is 2.40. The molecule has 1 aliphatic heterocycles. The minimum atomic E-state index is 0. The molecule has 1 aliphatic rings. The van der Waals surface area contributed by atoms with Crippen LogP contribution in [0.2, 0.25) is 0 Å². The maximum absolute atomic E-state index is 5.08. The molecule has 1 N–H and O–H groups in total. The number of halogens is 1. The van der Waals surface area contributed by atoms with Crippen LogP contribution < -0.4 is 5.32 Å². The summed E-state index contributed by atoms with van der Waals surface area (Å²) in [6.45, 7) is 13.5. The van der Waals surface area contributed by atoms with Crippen LogP contribution in [0.4, 0.5) is 0 Å². The topological polar surface area (TPSA) is 40.1 Å². The Bertz CT molecular complexity index is 310. The Kier molecular flexibility index (Phi) is 10.6. The first-order valence-electron chi connectivity index (χ1n) is 7.69. The van der Waals surface area contributed by atoms with Crippen molar-refractivity contribution in [3.63, 3.8) is 0 Å². The Morgan fingerprint density at radius 1 is 1.38 bits per heavy atom. The lowest BCUT2D eigenvalue weighted by molar-refractivity contribution is 0.163. The zero-order chi connectivity index (χ0) is 15.0. The van der Waals surface area contributed by atoms with Gasteiger partial charge in [0.2, 0.25) is 0 Å². The van der Waals surface area contributed by atoms with E-state index in [0.29, 0.717) is 5.41 Å². The van der Waals surface area contributed by atoms with Gasteiger partial charge in [0, 0.05) is 39.8 Å². The summed E-state index contributed by atoms with van der Waals surface area (Å²) in [7, 11) is 3.85. The number of hydrogen-bond donors (Lipinski definition) is 1. The van der Waals surface area contributed by atoms with E-state index >= 15 is 0 Å². The fraction of sp³-hybridized carbons (Fsp3) is 0.933. The first-order chi connectivity index (χ1) is 9.48. The van der Waals surface area contributed by atoms with E-state index in [1.54, 1.807) is 7.11 Å². The Balaban J connectivity index is 0.00000400. The highest BCUT2D eigenvalue weighted by atomic mass is 127. The van der Waals surface area contributed by atoms with Gasteiger partial charge < -0.3 is 19.9 Å². The second-order valence-electron chi connectivity index (χ2n) is 6.37. The van der Waals surface area contributed by atoms with Crippen molar-refractivity contribution in [3.05, 3.63) is 0 Å². The van der Waals surface area contributed by atoms with Gasteiger partial charge >= 0.3 is 0 Å². The van der Waals surface area contributed by atoms with Crippen LogP contribution in [0.1, 0.15) is 27.2 Å². The summed E-state index contributed by atoms with van der Waals surface area (Å²) in [5, 5.41) is 3.41. The van der Waals surface area contributed by atoms with Gasteiger partial charge in [-0.25, -0.2) is 0 Å². The monoisotopic (exact) mass is 412 g/mol. The van der Waals surface area contributed by atoms with E-state index < -0.39 is 0 Å². The second-order valence-corrected chi connectivity index (χ2v) is 6.37. The van der Waals surface area contributed by atoms with Crippen LogP contribution in [0.5, 0.6) is 0 Å². The van der Waals surface area contributed by atoms with Crippen LogP contribution in [0, 0.1) is 5.41 Å². The third-order valence-corrected chi connectivity index (χ3v) is 3.73. The zero-order valence-corrected chi connectivity index (χ0v) is 16.6. The number of guanidine groups is 1. The molecule has 0 atom stereocenters. The third kappa shape index (κ3) is 8.21. The third-order valence-electron chi connectivity index (χ3n) is 3.73. The van der Waals surface area contributed by atoms with Gasteiger partial charge in [-0.2, -0.15) is 0 Å². The number of likely N-dealkylation sites (tertiary alicyclic amines) is 1. The zero-order valence-electron chi connectivity index (χ0n) is 14.3. The summed E-state index contributed by atoms with van der Waals surface area (Å²) in [6.07, 6.45) is 1.24. The molecular weight excluding hydrogens is 379 g/mol. The van der Waals surface area contributed by atoms with Crippen LogP contribution in [-0.4, -0.2) is 75.8 Å². The first-order valence-corrected chi connectivity index (χ1v) is 7.69. The van der Waals surface area contributed by atoms with Crippen molar-refractivity contribution in [2.24, 2.45) is 10.4 Å². The van der Waals surface area contributed by atoms with Crippen molar-refractivity contribution >= 4 is 29.9 Å². The molecule has 0 bridgehead atoms. The van der Waals surface area contributed by atoms with Gasteiger partial charge in [-0.1, -0.05) is 13.8 Å². The standard InChI is InChI=1S/C15H32N4O.HI/c1-6-16-14(19-9-7-15(2,3)13-19)17-8-10-18(4)11-12-20-5;/h6-13H2,1-5H3,(H,16,17);1H. The summed E-state index contributed by atoms with van der Waals surface area (Å²) in [4.78, 5) is 9.40. The molecule has 0 aromatic heterocycles. The molecule has 0 aromatic carbocycles. The van der Waals surface area contributed by atoms with Gasteiger partial charge in [0.25, 0.3) is 0 Å². The molecule has 21 heavy (non-hydrogen) atoms. The minimum absolute atomic E-state index is 0. The number of nitrogens with one attached hydrogen (secondary N) is 1. The smallest absolute Gasteiger partial charge is 0.193 e. The van der Waals surface area contributed by atoms with Crippen LogP contribution in [0.15, 0.2) is 4.99 Å². The van der Waals surface area contributed by atoms with E-state index in [0.717, 1.165) is 51.8 Å². The highest BCUT2D eigenvalue weighted by Crippen LogP contribution is 2.28. The van der Waals surface area contributed by atoms with Crippen molar-refractivity contribution in [1.82, 2.24) is 15.1 Å². The first kappa shape index (κ1) is 20.9. The maximum atomic E-state index is 5.08. The van der Waals surface area contributed by atoms with E-state index in [2.05, 4.69) is 42.9 Å². The van der Waals surface area contributed by atoms with E-state index in [-0.39, 0.29) is 24.0 Å². The number of likely N-dealkylation sites (N-methyl/N-ethyl adjacent to an activating group) is 1. The van der Waals surface area contributed by atoms with Crippen molar-refractivity contribution in [2.45, 2.75) is 27.2 Å². The molecule has 1 heterocycles. The average molecular weight is 412 g/mol. The fourth-order valence-electron chi connectivity index (χ4n) is 2.40. The SMILES string of the molecule is CCNC(=NCCN(C)CCOC)N1CCC(C)(C)C1.I. The van der Waals surface area contributed by atoms with Crippen molar-refractivity contribution < 1.29 is 4.74 Å². The Morgan fingerprint density at radius 2 is 2.10 bits per heavy atom. The predicted molar refractivity (Wildman–Crippen MR) is 101 cm³/mol. The number of methoxy groups -OCH3 is 1. The average Bonchev–Trinajstić information content (AvgIpc) is 2.75. The van der Waals surface area contributed by atoms with E-state index in [9.17, 15) is 0 Å². The largest absolute Gasteiger partial charge is 0.383 e. The van der Waals surface area contributed by atoms with Gasteiger partial charge in [0.05, 0.1) is 13.2 Å². The highest BCUT2D eigenvalue weighted by molar-refractivity contribution is 14.0. The second kappa shape index (κ2) is 10.6. The Labute approximate surface area is 147 Å². The maximum Gasteiger partial charge on any atom is 0.193 e. The molecule has 1 fully saturated rings. The van der Waals surface area contributed by atoms with Crippen molar-refractivity contribution in [1.29, 1.82) is 0 Å². The molecule has 126 valence electrons. The Hall–Kier alpha value is -0.0800. The predicted octanol–water partition coefficient (Wildman–Crippen LogP) is 1.88. The summed E-state index contributed by atoms with van der Waals surface area (Å²) in [5.41, 5.74) is 0.408. The molecule has 6 heteroatoms. The van der Waals surface area contributed by atoms with Gasteiger partial charge in [-0.05, 0) is 25.8 Å². The van der Waals surface area contributed by atoms with Crippen molar-refractivity contribution in [3.8, 4) is 0 Å². The normalized spacial score (nSPS) is 18.0. The molecule has 5 nitrogen and oxygen atoms in total. The lowest BCUT2D eigenvalue weighted by atomic mass is 9.93. The van der Waals surface area contributed by atoms with Gasteiger partial charge in [-0.3, -0.25) is 4.99 Å². The van der Waals surface area contributed by atoms with E-state index in [1.807, 2.05) is 0 Å². The number of rotatable bonds is 7. The lowest BCUT2D eigenvalue weighted by Crippen LogP contribution is -2.41. The summed E-state index contributed by atoms with van der Waals surface area (Å²) >= 11 is 0. The van der Waals surface area contributed by atoms with Gasteiger partial charge in [0.15, 0.2) is 5.96 Å². The minimum Gasteiger partial charge on any atom is -0.383 e. The van der Waals surface area contributed by atoms with Crippen LogP contribution in [0.3, 0.4) is 0 Å². The van der Waals surface area contributed by atoms with Crippen molar-refractivity contribution in [2.75, 3.05) is 60.0 Å². The number of hydrogen-bond acceptors (Lipinski definition) is 3. The molecule has 0 amide bonds. The van der Waals surface area contributed by atoms with Gasteiger partial charge in [0.1, 0.15) is 0 Å². The molecular formula is C15H33IN4O. The molecule has 0 radical (unpaired) electrons. The molecule has 0 aromatic rings. The number of ether oxygens (including phenoxy) is 1.